The number of unbranched alkanes of at least 4 members (excludes halogenated alkanes) is 5. The Hall–Kier alpha value is -2.10. The summed E-state index contributed by atoms with van der Waals surface area (Å²) in [6.07, 6.45) is 7.15. The Morgan fingerprint density at radius 1 is 1.00 bits per heavy atom. The van der Waals surface area contributed by atoms with Crippen molar-refractivity contribution in [1.29, 1.82) is 0 Å². The Kier molecular flexibility index (Phi) is 8.12. The first-order valence-electron chi connectivity index (χ1n) is 10.7. The maximum atomic E-state index is 13.1. The van der Waals surface area contributed by atoms with E-state index >= 15 is 0 Å². The molecule has 1 aromatic heterocycles. The Morgan fingerprint density at radius 2 is 1.73 bits per heavy atom. The normalized spacial score (nSPS) is 11.1. The minimum atomic E-state index is -0.0639. The van der Waals surface area contributed by atoms with Gasteiger partial charge in [0.1, 0.15) is 0 Å². The van der Waals surface area contributed by atoms with E-state index in [0.29, 0.717) is 27.8 Å². The number of pyridine rings is 1. The molecule has 0 aliphatic heterocycles. The number of hydrogen-bond acceptors (Lipinski definition) is 2. The van der Waals surface area contributed by atoms with Crippen molar-refractivity contribution in [2.45, 2.75) is 52.4 Å². The van der Waals surface area contributed by atoms with E-state index in [-0.39, 0.29) is 5.91 Å². The number of benzene rings is 2. The molecule has 0 radical (unpaired) electrons. The SMILES string of the molecule is CCCCCCCCNC(=O)c1c(C)c(-c2ccc(Cl)cc2Cl)nc2ccccc12. The molecule has 30 heavy (non-hydrogen) atoms. The van der Waals surface area contributed by atoms with Crippen LogP contribution in [-0.2, 0) is 0 Å². The fourth-order valence-corrected chi connectivity index (χ4v) is 4.24. The summed E-state index contributed by atoms with van der Waals surface area (Å²) in [5.74, 6) is -0.0639. The molecule has 2 aromatic carbocycles. The van der Waals surface area contributed by atoms with Gasteiger partial charge in [-0.15, -0.1) is 0 Å². The summed E-state index contributed by atoms with van der Waals surface area (Å²) >= 11 is 12.5. The van der Waals surface area contributed by atoms with Crippen molar-refractivity contribution in [3.8, 4) is 11.3 Å². The highest BCUT2D eigenvalue weighted by molar-refractivity contribution is 6.36. The predicted octanol–water partition coefficient (Wildman–Crippen LogP) is 7.61. The van der Waals surface area contributed by atoms with Gasteiger partial charge in [-0.3, -0.25) is 4.79 Å². The topological polar surface area (TPSA) is 42.0 Å². The average molecular weight is 443 g/mol. The van der Waals surface area contributed by atoms with Crippen LogP contribution in [0.3, 0.4) is 0 Å². The van der Waals surface area contributed by atoms with Gasteiger partial charge in [0.25, 0.3) is 5.91 Å². The van der Waals surface area contributed by atoms with Crippen LogP contribution in [0, 0.1) is 6.92 Å². The molecular formula is C25H28Cl2N2O. The maximum Gasteiger partial charge on any atom is 0.252 e. The Labute approximate surface area is 188 Å². The van der Waals surface area contributed by atoms with Crippen LogP contribution in [0.4, 0.5) is 0 Å². The molecule has 3 aromatic rings. The minimum Gasteiger partial charge on any atom is -0.352 e. The molecule has 0 saturated carbocycles. The van der Waals surface area contributed by atoms with Crippen molar-refractivity contribution >= 4 is 40.0 Å². The van der Waals surface area contributed by atoms with Crippen LogP contribution in [0.1, 0.15) is 61.4 Å². The molecule has 0 bridgehead atoms. The Bertz CT molecular complexity index is 1030. The van der Waals surface area contributed by atoms with Crippen LogP contribution in [0.2, 0.25) is 10.0 Å². The lowest BCUT2D eigenvalue weighted by molar-refractivity contribution is 0.0954. The zero-order chi connectivity index (χ0) is 21.5. The first-order valence-corrected chi connectivity index (χ1v) is 11.4. The average Bonchev–Trinajstić information content (AvgIpc) is 2.73. The van der Waals surface area contributed by atoms with Crippen molar-refractivity contribution in [1.82, 2.24) is 10.3 Å². The number of aromatic nitrogens is 1. The predicted molar refractivity (Wildman–Crippen MR) is 128 cm³/mol. The summed E-state index contributed by atoms with van der Waals surface area (Å²) < 4.78 is 0. The molecule has 1 amide bonds. The second-order valence-corrected chi connectivity index (χ2v) is 8.47. The number of fused-ring (bicyclic) bond motifs is 1. The van der Waals surface area contributed by atoms with Gasteiger partial charge in [-0.05, 0) is 43.2 Å². The van der Waals surface area contributed by atoms with Gasteiger partial charge in [-0.1, -0.05) is 80.4 Å². The van der Waals surface area contributed by atoms with Crippen LogP contribution in [0.15, 0.2) is 42.5 Å². The highest BCUT2D eigenvalue weighted by atomic mass is 35.5. The highest BCUT2D eigenvalue weighted by Crippen LogP contribution is 2.34. The number of amides is 1. The fourth-order valence-electron chi connectivity index (χ4n) is 3.74. The maximum absolute atomic E-state index is 13.1. The molecule has 1 N–H and O–H groups in total. The van der Waals surface area contributed by atoms with E-state index in [1.807, 2.05) is 37.3 Å². The van der Waals surface area contributed by atoms with Gasteiger partial charge >= 0.3 is 0 Å². The van der Waals surface area contributed by atoms with Crippen molar-refractivity contribution in [3.63, 3.8) is 0 Å². The standard InChI is InChI=1S/C25H28Cl2N2O/c1-3-4-5-6-7-10-15-28-25(30)23-17(2)24(19-14-13-18(26)16-21(19)27)29-22-12-9-8-11-20(22)23/h8-9,11-14,16H,3-7,10,15H2,1-2H3,(H,28,30). The molecule has 0 aliphatic carbocycles. The quantitative estimate of drug-likeness (QED) is 0.346. The molecule has 0 aliphatic rings. The first-order chi connectivity index (χ1) is 14.5. The minimum absolute atomic E-state index is 0.0639. The van der Waals surface area contributed by atoms with Gasteiger partial charge in [0.05, 0.1) is 21.8 Å². The smallest absolute Gasteiger partial charge is 0.252 e. The van der Waals surface area contributed by atoms with Crippen molar-refractivity contribution < 1.29 is 4.79 Å². The zero-order valence-electron chi connectivity index (χ0n) is 17.6. The molecule has 0 fully saturated rings. The lowest BCUT2D eigenvalue weighted by atomic mass is 9.97. The fraction of sp³-hybridized carbons (Fsp3) is 0.360. The molecule has 0 atom stereocenters. The molecule has 5 heteroatoms. The van der Waals surface area contributed by atoms with E-state index in [1.54, 1.807) is 12.1 Å². The number of halogens is 2. The van der Waals surface area contributed by atoms with Crippen molar-refractivity contribution in [2.75, 3.05) is 6.54 Å². The number of para-hydroxylation sites is 1. The van der Waals surface area contributed by atoms with Gasteiger partial charge < -0.3 is 5.32 Å². The molecule has 0 spiro atoms. The molecular weight excluding hydrogens is 415 g/mol. The van der Waals surface area contributed by atoms with Crippen LogP contribution < -0.4 is 5.32 Å². The zero-order valence-corrected chi connectivity index (χ0v) is 19.1. The van der Waals surface area contributed by atoms with Crippen LogP contribution in [0.25, 0.3) is 22.2 Å². The van der Waals surface area contributed by atoms with E-state index in [9.17, 15) is 4.79 Å². The number of carbonyl (C=O) groups excluding carboxylic acids is 1. The second kappa shape index (κ2) is 10.8. The monoisotopic (exact) mass is 442 g/mol. The molecule has 1 heterocycles. The van der Waals surface area contributed by atoms with Gasteiger partial charge in [0.15, 0.2) is 0 Å². The third-order valence-corrected chi connectivity index (χ3v) is 5.91. The highest BCUT2D eigenvalue weighted by Gasteiger charge is 2.19. The largest absolute Gasteiger partial charge is 0.352 e. The van der Waals surface area contributed by atoms with Gasteiger partial charge in [-0.25, -0.2) is 4.98 Å². The number of carbonyl (C=O) groups is 1. The van der Waals surface area contributed by atoms with Gasteiger partial charge in [-0.2, -0.15) is 0 Å². The van der Waals surface area contributed by atoms with E-state index in [4.69, 9.17) is 28.2 Å². The number of nitrogens with one attached hydrogen (secondary N) is 1. The molecule has 3 rings (SSSR count). The molecule has 158 valence electrons. The van der Waals surface area contributed by atoms with Crippen molar-refractivity contribution in [3.05, 3.63) is 63.6 Å². The van der Waals surface area contributed by atoms with E-state index < -0.39 is 0 Å². The van der Waals surface area contributed by atoms with Crippen molar-refractivity contribution in [2.24, 2.45) is 0 Å². The van der Waals surface area contributed by atoms with Crippen LogP contribution in [0.5, 0.6) is 0 Å². The number of rotatable bonds is 9. The second-order valence-electron chi connectivity index (χ2n) is 7.63. The third-order valence-electron chi connectivity index (χ3n) is 5.37. The summed E-state index contributed by atoms with van der Waals surface area (Å²) in [4.78, 5) is 18.0. The first kappa shape index (κ1) is 22.6. The van der Waals surface area contributed by atoms with Gasteiger partial charge in [0.2, 0.25) is 0 Å². The summed E-state index contributed by atoms with van der Waals surface area (Å²) in [5, 5.41) is 5.04. The summed E-state index contributed by atoms with van der Waals surface area (Å²) in [6, 6.07) is 13.1. The summed E-state index contributed by atoms with van der Waals surface area (Å²) in [7, 11) is 0. The Morgan fingerprint density at radius 3 is 2.50 bits per heavy atom. The van der Waals surface area contributed by atoms with E-state index in [2.05, 4.69) is 12.2 Å². The lowest BCUT2D eigenvalue weighted by Crippen LogP contribution is -2.26. The lowest BCUT2D eigenvalue weighted by Gasteiger charge is -2.15. The number of nitrogens with zero attached hydrogens (tertiary/aromatic N) is 1. The number of hydrogen-bond donors (Lipinski definition) is 1. The van der Waals surface area contributed by atoms with Crippen LogP contribution in [-0.4, -0.2) is 17.4 Å². The summed E-state index contributed by atoms with van der Waals surface area (Å²) in [5.41, 5.74) is 3.73. The summed E-state index contributed by atoms with van der Waals surface area (Å²) in [6.45, 7) is 4.82. The van der Waals surface area contributed by atoms with Gasteiger partial charge in [0, 0.05) is 22.5 Å². The van der Waals surface area contributed by atoms with E-state index in [0.717, 1.165) is 34.9 Å². The molecule has 0 saturated heterocycles. The van der Waals surface area contributed by atoms with Crippen LogP contribution >= 0.6 is 23.2 Å². The molecule has 3 nitrogen and oxygen atoms in total. The molecule has 0 unspecified atom stereocenters. The third kappa shape index (κ3) is 5.33. The Balaban J connectivity index is 1.88. The van der Waals surface area contributed by atoms with E-state index in [1.165, 1.54) is 25.7 Å².